The molecular formula is C16H28N2O2. The highest BCUT2D eigenvalue weighted by molar-refractivity contribution is 5.47. The van der Waals surface area contributed by atoms with Gasteiger partial charge in [-0.15, -0.1) is 0 Å². The van der Waals surface area contributed by atoms with E-state index < -0.39 is 0 Å². The van der Waals surface area contributed by atoms with E-state index in [1.165, 1.54) is 5.56 Å². The number of methoxy groups -OCH3 is 1. The molecule has 4 nitrogen and oxygen atoms in total. The Bertz CT molecular complexity index is 448. The molecule has 2 atom stereocenters. The first-order valence-electron chi connectivity index (χ1n) is 7.19. The van der Waals surface area contributed by atoms with Crippen molar-refractivity contribution in [2.45, 2.75) is 52.7 Å². The van der Waals surface area contributed by atoms with Gasteiger partial charge in [0, 0.05) is 12.2 Å². The first kappa shape index (κ1) is 17.0. The van der Waals surface area contributed by atoms with E-state index in [1.54, 1.807) is 7.11 Å². The molecule has 0 fully saturated rings. The summed E-state index contributed by atoms with van der Waals surface area (Å²) in [5.74, 6) is 6.70. The molecule has 0 saturated carbocycles. The standard InChI is InChI=1S/C16H28N2O2/c1-7-16(5,20-8-2)15(18-17)13-10-9-11(3)12(4)14(13)19-6/h9-10,15,18H,7-8,17H2,1-6H3. The molecule has 1 aromatic carbocycles. The van der Waals surface area contributed by atoms with Crippen molar-refractivity contribution in [2.24, 2.45) is 5.84 Å². The molecular weight excluding hydrogens is 252 g/mol. The van der Waals surface area contributed by atoms with Crippen LogP contribution in [-0.4, -0.2) is 19.3 Å². The van der Waals surface area contributed by atoms with Crippen molar-refractivity contribution in [1.29, 1.82) is 0 Å². The highest BCUT2D eigenvalue weighted by atomic mass is 16.5. The van der Waals surface area contributed by atoms with Crippen molar-refractivity contribution < 1.29 is 9.47 Å². The molecule has 4 heteroatoms. The van der Waals surface area contributed by atoms with Gasteiger partial charge in [-0.2, -0.15) is 0 Å². The summed E-state index contributed by atoms with van der Waals surface area (Å²) in [4.78, 5) is 0. The number of aryl methyl sites for hydroxylation is 1. The highest BCUT2D eigenvalue weighted by Gasteiger charge is 2.36. The van der Waals surface area contributed by atoms with Crippen molar-refractivity contribution in [3.8, 4) is 5.75 Å². The lowest BCUT2D eigenvalue weighted by Gasteiger charge is -2.37. The maximum atomic E-state index is 5.96. The summed E-state index contributed by atoms with van der Waals surface area (Å²) < 4.78 is 11.6. The van der Waals surface area contributed by atoms with E-state index in [1.807, 2.05) is 6.92 Å². The second-order valence-electron chi connectivity index (χ2n) is 5.33. The van der Waals surface area contributed by atoms with Gasteiger partial charge in [-0.25, -0.2) is 5.43 Å². The predicted molar refractivity (Wildman–Crippen MR) is 82.9 cm³/mol. The van der Waals surface area contributed by atoms with Gasteiger partial charge in [-0.1, -0.05) is 19.1 Å². The highest BCUT2D eigenvalue weighted by Crippen LogP contribution is 2.38. The Morgan fingerprint density at radius 3 is 2.40 bits per heavy atom. The summed E-state index contributed by atoms with van der Waals surface area (Å²) >= 11 is 0. The third kappa shape index (κ3) is 3.14. The second kappa shape index (κ2) is 7.07. The van der Waals surface area contributed by atoms with Crippen LogP contribution in [-0.2, 0) is 4.74 Å². The van der Waals surface area contributed by atoms with Crippen LogP contribution in [0.3, 0.4) is 0 Å². The number of rotatable bonds is 7. The zero-order valence-corrected chi connectivity index (χ0v) is 13.5. The largest absolute Gasteiger partial charge is 0.496 e. The average Bonchev–Trinajstić information content (AvgIpc) is 2.44. The first-order chi connectivity index (χ1) is 9.45. The van der Waals surface area contributed by atoms with Crippen molar-refractivity contribution >= 4 is 0 Å². The molecule has 0 heterocycles. The minimum atomic E-state index is -0.377. The smallest absolute Gasteiger partial charge is 0.126 e. The summed E-state index contributed by atoms with van der Waals surface area (Å²) in [6.07, 6.45) is 0.853. The number of hydrogen-bond acceptors (Lipinski definition) is 4. The number of benzene rings is 1. The van der Waals surface area contributed by atoms with Gasteiger partial charge in [0.2, 0.25) is 0 Å². The minimum Gasteiger partial charge on any atom is -0.496 e. The van der Waals surface area contributed by atoms with Crippen molar-refractivity contribution in [1.82, 2.24) is 5.43 Å². The Morgan fingerprint density at radius 1 is 1.30 bits per heavy atom. The Morgan fingerprint density at radius 2 is 1.95 bits per heavy atom. The molecule has 0 amide bonds. The lowest BCUT2D eigenvalue weighted by molar-refractivity contribution is -0.0568. The lowest BCUT2D eigenvalue weighted by Crippen LogP contribution is -2.46. The molecule has 0 spiro atoms. The Kier molecular flexibility index (Phi) is 5.99. The van der Waals surface area contributed by atoms with Crippen LogP contribution >= 0.6 is 0 Å². The normalized spacial score (nSPS) is 15.8. The Hall–Kier alpha value is -1.10. The molecule has 0 aliphatic rings. The van der Waals surface area contributed by atoms with Crippen LogP contribution in [0.2, 0.25) is 0 Å². The molecule has 1 rings (SSSR count). The number of hydrogen-bond donors (Lipinski definition) is 2. The molecule has 0 aliphatic heterocycles. The monoisotopic (exact) mass is 280 g/mol. The summed E-state index contributed by atoms with van der Waals surface area (Å²) in [6, 6.07) is 4.04. The third-order valence-corrected chi connectivity index (χ3v) is 4.18. The molecule has 2 unspecified atom stereocenters. The molecule has 0 radical (unpaired) electrons. The maximum absolute atomic E-state index is 5.96. The van der Waals surface area contributed by atoms with Gasteiger partial charge in [0.15, 0.2) is 0 Å². The molecule has 0 aliphatic carbocycles. The Balaban J connectivity index is 3.35. The van der Waals surface area contributed by atoms with Crippen LogP contribution in [0.4, 0.5) is 0 Å². The van der Waals surface area contributed by atoms with E-state index in [2.05, 4.69) is 45.3 Å². The predicted octanol–water partition coefficient (Wildman–Crippen LogP) is 3.02. The van der Waals surface area contributed by atoms with Crippen LogP contribution in [0.5, 0.6) is 5.75 Å². The third-order valence-electron chi connectivity index (χ3n) is 4.18. The van der Waals surface area contributed by atoms with E-state index in [-0.39, 0.29) is 11.6 Å². The molecule has 0 saturated heterocycles. The van der Waals surface area contributed by atoms with E-state index >= 15 is 0 Å². The second-order valence-corrected chi connectivity index (χ2v) is 5.33. The van der Waals surface area contributed by atoms with E-state index in [9.17, 15) is 0 Å². The fourth-order valence-corrected chi connectivity index (χ4v) is 2.62. The van der Waals surface area contributed by atoms with Crippen LogP contribution in [0.1, 0.15) is 49.9 Å². The maximum Gasteiger partial charge on any atom is 0.126 e. The number of hydrazine groups is 1. The molecule has 20 heavy (non-hydrogen) atoms. The number of nitrogens with two attached hydrogens (primary N) is 1. The van der Waals surface area contributed by atoms with E-state index in [0.29, 0.717) is 6.61 Å². The fraction of sp³-hybridized carbons (Fsp3) is 0.625. The van der Waals surface area contributed by atoms with Gasteiger partial charge in [0.25, 0.3) is 0 Å². The summed E-state index contributed by atoms with van der Waals surface area (Å²) in [5.41, 5.74) is 5.92. The van der Waals surface area contributed by atoms with Gasteiger partial charge in [0.1, 0.15) is 5.75 Å². The Labute approximate surface area is 122 Å². The summed E-state index contributed by atoms with van der Waals surface area (Å²) in [6.45, 7) is 11.0. The van der Waals surface area contributed by atoms with Gasteiger partial charge in [-0.05, 0) is 45.2 Å². The van der Waals surface area contributed by atoms with Gasteiger partial charge < -0.3 is 9.47 Å². The minimum absolute atomic E-state index is 0.123. The van der Waals surface area contributed by atoms with Gasteiger partial charge in [0.05, 0.1) is 18.8 Å². The summed E-state index contributed by atoms with van der Waals surface area (Å²) in [7, 11) is 1.70. The molecule has 0 aromatic heterocycles. The van der Waals surface area contributed by atoms with Crippen LogP contribution < -0.4 is 16.0 Å². The average molecular weight is 280 g/mol. The molecule has 3 N–H and O–H groups in total. The van der Waals surface area contributed by atoms with Crippen LogP contribution in [0.15, 0.2) is 12.1 Å². The quantitative estimate of drug-likeness (QED) is 0.595. The summed E-state index contributed by atoms with van der Waals surface area (Å²) in [5, 5.41) is 0. The van der Waals surface area contributed by atoms with Crippen molar-refractivity contribution in [3.63, 3.8) is 0 Å². The number of nitrogens with one attached hydrogen (secondary N) is 1. The van der Waals surface area contributed by atoms with Gasteiger partial charge in [-0.3, -0.25) is 5.84 Å². The topological polar surface area (TPSA) is 56.5 Å². The zero-order valence-electron chi connectivity index (χ0n) is 13.5. The lowest BCUT2D eigenvalue weighted by atomic mass is 9.86. The van der Waals surface area contributed by atoms with Crippen molar-refractivity contribution in [2.75, 3.05) is 13.7 Å². The molecule has 0 bridgehead atoms. The zero-order chi connectivity index (χ0) is 15.3. The SMILES string of the molecule is CCOC(C)(CC)C(NN)c1ccc(C)c(C)c1OC. The van der Waals surface area contributed by atoms with Crippen LogP contribution in [0, 0.1) is 13.8 Å². The first-order valence-corrected chi connectivity index (χ1v) is 7.19. The van der Waals surface area contributed by atoms with E-state index in [4.69, 9.17) is 15.3 Å². The molecule has 114 valence electrons. The molecule has 1 aromatic rings. The van der Waals surface area contributed by atoms with Gasteiger partial charge >= 0.3 is 0 Å². The van der Waals surface area contributed by atoms with E-state index in [0.717, 1.165) is 23.3 Å². The fourth-order valence-electron chi connectivity index (χ4n) is 2.62. The van der Waals surface area contributed by atoms with Crippen molar-refractivity contribution in [3.05, 3.63) is 28.8 Å². The number of ether oxygens (including phenoxy) is 2. The van der Waals surface area contributed by atoms with Crippen LogP contribution in [0.25, 0.3) is 0 Å².